The number of nitrogens with zero attached hydrogens (tertiary/aromatic N) is 1. The minimum atomic E-state index is 0.207. The lowest BCUT2D eigenvalue weighted by Gasteiger charge is -2.24. The second kappa shape index (κ2) is 3.21. The van der Waals surface area contributed by atoms with Crippen molar-refractivity contribution < 1.29 is 4.79 Å². The maximum Gasteiger partial charge on any atom is 0.150 e. The molecular weight excluding hydrogens is 174 g/mol. The minimum Gasteiger partial charge on any atom is -0.300 e. The van der Waals surface area contributed by atoms with Crippen LogP contribution in [0.3, 0.4) is 0 Å². The van der Waals surface area contributed by atoms with E-state index in [0.29, 0.717) is 0 Å². The Bertz CT molecular complexity index is 353. The van der Waals surface area contributed by atoms with Crippen LogP contribution < -0.4 is 0 Å². The van der Waals surface area contributed by atoms with Crippen LogP contribution in [0.25, 0.3) is 0 Å². The van der Waals surface area contributed by atoms with Gasteiger partial charge in [-0.2, -0.15) is 0 Å². The monoisotopic (exact) mass is 189 g/mol. The zero-order valence-electron chi connectivity index (χ0n) is 8.66. The van der Waals surface area contributed by atoms with E-state index < -0.39 is 0 Å². The number of carbonyl (C=O) groups is 1. The molecule has 1 aromatic rings. The summed E-state index contributed by atoms with van der Waals surface area (Å²) in [5.41, 5.74) is 2.25. The Labute approximate surface area is 84.5 Å². The Morgan fingerprint density at radius 3 is 2.57 bits per heavy atom. The number of hydrogen-bond donors (Lipinski definition) is 0. The molecule has 0 aliphatic heterocycles. The third-order valence-electron chi connectivity index (χ3n) is 3.14. The van der Waals surface area contributed by atoms with Gasteiger partial charge in [-0.3, -0.25) is 9.69 Å². The summed E-state index contributed by atoms with van der Waals surface area (Å²) >= 11 is 0. The van der Waals surface area contributed by atoms with E-state index in [9.17, 15) is 4.79 Å². The molecular formula is C12H15NO. The second-order valence-electron chi connectivity index (χ2n) is 4.17. The molecule has 1 aromatic carbocycles. The third kappa shape index (κ3) is 1.36. The molecule has 0 heterocycles. The van der Waals surface area contributed by atoms with Crippen molar-refractivity contribution in [3.63, 3.8) is 0 Å². The van der Waals surface area contributed by atoms with Crippen LogP contribution in [0.4, 0.5) is 0 Å². The minimum absolute atomic E-state index is 0.207. The first-order valence-electron chi connectivity index (χ1n) is 4.92. The van der Waals surface area contributed by atoms with E-state index in [1.807, 2.05) is 18.2 Å². The van der Waals surface area contributed by atoms with Gasteiger partial charge < -0.3 is 0 Å². The van der Waals surface area contributed by atoms with Gasteiger partial charge in [0, 0.05) is 11.1 Å². The molecule has 0 amide bonds. The van der Waals surface area contributed by atoms with Gasteiger partial charge >= 0.3 is 0 Å². The van der Waals surface area contributed by atoms with Gasteiger partial charge in [0.15, 0.2) is 0 Å². The van der Waals surface area contributed by atoms with E-state index in [-0.39, 0.29) is 5.54 Å². The maximum atomic E-state index is 10.7. The Morgan fingerprint density at radius 2 is 2.07 bits per heavy atom. The van der Waals surface area contributed by atoms with Crippen LogP contribution in [-0.4, -0.2) is 25.3 Å². The van der Waals surface area contributed by atoms with E-state index in [1.165, 1.54) is 18.4 Å². The average molecular weight is 189 g/mol. The Kier molecular flexibility index (Phi) is 2.16. The molecule has 1 aliphatic carbocycles. The summed E-state index contributed by atoms with van der Waals surface area (Å²) in [4.78, 5) is 12.9. The molecule has 74 valence electrons. The number of benzene rings is 1. The highest BCUT2D eigenvalue weighted by Crippen LogP contribution is 2.49. The number of rotatable bonds is 3. The summed E-state index contributed by atoms with van der Waals surface area (Å²) < 4.78 is 0. The fraction of sp³-hybridized carbons (Fsp3) is 0.417. The highest BCUT2D eigenvalue weighted by atomic mass is 16.1. The van der Waals surface area contributed by atoms with E-state index >= 15 is 0 Å². The molecule has 0 bridgehead atoms. The van der Waals surface area contributed by atoms with E-state index in [2.05, 4.69) is 25.1 Å². The van der Waals surface area contributed by atoms with Crippen LogP contribution in [-0.2, 0) is 5.54 Å². The SMILES string of the molecule is CN(C)C1(c2cccc(C=O)c2)CC1. The van der Waals surface area contributed by atoms with E-state index in [1.54, 1.807) is 0 Å². The van der Waals surface area contributed by atoms with Crippen molar-refractivity contribution in [2.24, 2.45) is 0 Å². The predicted octanol–water partition coefficient (Wildman–Crippen LogP) is 2.05. The first kappa shape index (κ1) is 9.41. The summed E-state index contributed by atoms with van der Waals surface area (Å²) in [6.07, 6.45) is 3.31. The lowest BCUT2D eigenvalue weighted by atomic mass is 10.0. The molecule has 1 aliphatic rings. The zero-order chi connectivity index (χ0) is 10.2. The smallest absolute Gasteiger partial charge is 0.150 e. The average Bonchev–Trinajstić information content (AvgIpc) is 2.98. The van der Waals surface area contributed by atoms with Crippen LogP contribution in [0.5, 0.6) is 0 Å². The van der Waals surface area contributed by atoms with Crippen molar-refractivity contribution in [2.45, 2.75) is 18.4 Å². The topological polar surface area (TPSA) is 20.3 Å². The van der Waals surface area contributed by atoms with Gasteiger partial charge in [0.25, 0.3) is 0 Å². The van der Waals surface area contributed by atoms with Crippen LogP contribution in [0.15, 0.2) is 24.3 Å². The molecule has 0 aromatic heterocycles. The lowest BCUT2D eigenvalue weighted by molar-refractivity contribution is 0.112. The van der Waals surface area contributed by atoms with Crippen molar-refractivity contribution in [3.8, 4) is 0 Å². The Balaban J connectivity index is 2.37. The molecule has 2 rings (SSSR count). The van der Waals surface area contributed by atoms with Crippen LogP contribution in [0.2, 0.25) is 0 Å². The van der Waals surface area contributed by atoms with Crippen molar-refractivity contribution in [1.82, 2.24) is 4.90 Å². The molecule has 2 nitrogen and oxygen atoms in total. The number of aldehydes is 1. The van der Waals surface area contributed by atoms with Gasteiger partial charge in [-0.1, -0.05) is 18.2 Å². The fourth-order valence-corrected chi connectivity index (χ4v) is 2.01. The van der Waals surface area contributed by atoms with E-state index in [4.69, 9.17) is 0 Å². The highest BCUT2D eigenvalue weighted by Gasteiger charge is 2.46. The Morgan fingerprint density at radius 1 is 1.36 bits per heavy atom. The summed E-state index contributed by atoms with van der Waals surface area (Å²) in [5.74, 6) is 0. The highest BCUT2D eigenvalue weighted by molar-refractivity contribution is 5.75. The maximum absolute atomic E-state index is 10.7. The molecule has 0 unspecified atom stereocenters. The molecule has 2 heteroatoms. The third-order valence-corrected chi connectivity index (χ3v) is 3.14. The van der Waals surface area contributed by atoms with Gasteiger partial charge in [-0.25, -0.2) is 0 Å². The van der Waals surface area contributed by atoms with Gasteiger partial charge in [-0.05, 0) is 38.6 Å². The van der Waals surface area contributed by atoms with Gasteiger partial charge in [-0.15, -0.1) is 0 Å². The summed E-state index contributed by atoms with van der Waals surface area (Å²) in [7, 11) is 4.20. The fourth-order valence-electron chi connectivity index (χ4n) is 2.01. The van der Waals surface area contributed by atoms with Crippen molar-refractivity contribution in [2.75, 3.05) is 14.1 Å². The van der Waals surface area contributed by atoms with Gasteiger partial charge in [0.1, 0.15) is 6.29 Å². The van der Waals surface area contributed by atoms with E-state index in [0.717, 1.165) is 11.8 Å². The molecule has 0 saturated heterocycles. The van der Waals surface area contributed by atoms with Crippen molar-refractivity contribution in [1.29, 1.82) is 0 Å². The summed E-state index contributed by atoms with van der Waals surface area (Å²) in [6.45, 7) is 0. The number of carbonyl (C=O) groups excluding carboxylic acids is 1. The van der Waals surface area contributed by atoms with Gasteiger partial charge in [0.2, 0.25) is 0 Å². The number of hydrogen-bond acceptors (Lipinski definition) is 2. The van der Waals surface area contributed by atoms with Crippen LogP contribution in [0.1, 0.15) is 28.8 Å². The van der Waals surface area contributed by atoms with Crippen LogP contribution >= 0.6 is 0 Å². The van der Waals surface area contributed by atoms with Gasteiger partial charge in [0.05, 0.1) is 0 Å². The molecule has 1 fully saturated rings. The molecule has 0 radical (unpaired) electrons. The lowest BCUT2D eigenvalue weighted by Crippen LogP contribution is -2.27. The predicted molar refractivity (Wildman–Crippen MR) is 56.4 cm³/mol. The Hall–Kier alpha value is -1.15. The quantitative estimate of drug-likeness (QED) is 0.678. The standard InChI is InChI=1S/C12H15NO/c1-13(2)12(6-7-12)11-5-3-4-10(8-11)9-14/h3-5,8-9H,6-7H2,1-2H3. The second-order valence-corrected chi connectivity index (χ2v) is 4.17. The van der Waals surface area contributed by atoms with Crippen molar-refractivity contribution in [3.05, 3.63) is 35.4 Å². The molecule has 0 atom stereocenters. The molecule has 0 spiro atoms. The first-order chi connectivity index (χ1) is 6.69. The van der Waals surface area contributed by atoms with Crippen molar-refractivity contribution >= 4 is 6.29 Å². The molecule has 14 heavy (non-hydrogen) atoms. The largest absolute Gasteiger partial charge is 0.300 e. The molecule has 1 saturated carbocycles. The van der Waals surface area contributed by atoms with Crippen LogP contribution in [0, 0.1) is 0 Å². The zero-order valence-corrected chi connectivity index (χ0v) is 8.66. The molecule has 0 N–H and O–H groups in total. The normalized spacial score (nSPS) is 18.2. The first-order valence-corrected chi connectivity index (χ1v) is 4.92. The summed E-state index contributed by atoms with van der Waals surface area (Å²) in [5, 5.41) is 0. The summed E-state index contributed by atoms with van der Waals surface area (Å²) in [6, 6.07) is 7.92.